The summed E-state index contributed by atoms with van der Waals surface area (Å²) in [6, 6.07) is 0. The van der Waals surface area contributed by atoms with Gasteiger partial charge in [-0.3, -0.25) is 29.3 Å². The maximum Gasteiger partial charge on any atom is 0.348 e. The highest BCUT2D eigenvalue weighted by Gasteiger charge is 2.53. The van der Waals surface area contributed by atoms with E-state index in [1.807, 2.05) is 0 Å². The molecule has 0 aliphatic carbocycles. The van der Waals surface area contributed by atoms with Gasteiger partial charge in [-0.15, -0.1) is 0 Å². The van der Waals surface area contributed by atoms with E-state index in [1.54, 1.807) is 0 Å². The van der Waals surface area contributed by atoms with E-state index in [0.29, 0.717) is 0 Å². The second-order valence-corrected chi connectivity index (χ2v) is 6.70. The van der Waals surface area contributed by atoms with Gasteiger partial charge >= 0.3 is 35.8 Å². The zero-order chi connectivity index (χ0) is 25.3. The zero-order valence-corrected chi connectivity index (χ0v) is 18.2. The van der Waals surface area contributed by atoms with E-state index in [9.17, 15) is 33.9 Å². The predicted octanol–water partition coefficient (Wildman–Crippen LogP) is -1.83. The second-order valence-electron chi connectivity index (χ2n) is 6.70. The lowest BCUT2D eigenvalue weighted by molar-refractivity contribution is -0.317. The Morgan fingerprint density at radius 3 is 1.79 bits per heavy atom. The summed E-state index contributed by atoms with van der Waals surface area (Å²) in [6.07, 6.45) is -9.78. The predicted molar refractivity (Wildman–Crippen MR) is 100 cm³/mol. The topological polar surface area (TPSA) is 210 Å². The van der Waals surface area contributed by atoms with E-state index >= 15 is 0 Å². The summed E-state index contributed by atoms with van der Waals surface area (Å²) in [5.41, 5.74) is 0. The van der Waals surface area contributed by atoms with Crippen molar-refractivity contribution in [3.63, 3.8) is 0 Å². The van der Waals surface area contributed by atoms with Crippen molar-refractivity contribution in [2.24, 2.45) is 0 Å². The van der Waals surface area contributed by atoms with E-state index < -0.39 is 85.9 Å². The van der Waals surface area contributed by atoms with Crippen LogP contribution in [-0.2, 0) is 57.2 Å². The molecule has 6 atom stereocenters. The van der Waals surface area contributed by atoms with E-state index in [0.717, 1.165) is 27.7 Å². The van der Waals surface area contributed by atoms with Gasteiger partial charge in [0.2, 0.25) is 12.5 Å². The summed E-state index contributed by atoms with van der Waals surface area (Å²) in [4.78, 5) is 68.6. The van der Waals surface area contributed by atoms with Crippen molar-refractivity contribution in [1.82, 2.24) is 5.32 Å². The van der Waals surface area contributed by atoms with Crippen LogP contribution in [-0.4, -0.2) is 96.1 Å². The molecule has 1 saturated heterocycles. The third-order valence-electron chi connectivity index (χ3n) is 3.88. The first-order valence-corrected chi connectivity index (χ1v) is 9.45. The van der Waals surface area contributed by atoms with Crippen LogP contribution in [0.4, 0.5) is 0 Å². The van der Waals surface area contributed by atoms with E-state index in [1.165, 1.54) is 0 Å². The van der Waals surface area contributed by atoms with Gasteiger partial charge in [0.15, 0.2) is 18.3 Å². The Hall–Kier alpha value is -3.30. The van der Waals surface area contributed by atoms with Crippen LogP contribution < -0.4 is 5.32 Å². The molecule has 0 aromatic carbocycles. The van der Waals surface area contributed by atoms with Crippen molar-refractivity contribution in [3.05, 3.63) is 0 Å². The average molecular weight is 479 g/mol. The molecule has 15 nitrogen and oxygen atoms in total. The monoisotopic (exact) mass is 479 g/mol. The highest BCUT2D eigenvalue weighted by molar-refractivity contribution is 5.74. The maximum absolute atomic E-state index is 11.7. The van der Waals surface area contributed by atoms with Crippen LogP contribution in [0.1, 0.15) is 27.7 Å². The molecule has 1 unspecified atom stereocenters. The first-order valence-electron chi connectivity index (χ1n) is 9.45. The Morgan fingerprint density at radius 2 is 1.33 bits per heavy atom. The fraction of sp³-hybridized carbons (Fsp3) is 0.667. The van der Waals surface area contributed by atoms with Crippen molar-refractivity contribution in [1.29, 1.82) is 0 Å². The number of hydrogen-bond acceptors (Lipinski definition) is 13. The van der Waals surface area contributed by atoms with Gasteiger partial charge in [0, 0.05) is 27.7 Å². The number of rotatable bonds is 11. The van der Waals surface area contributed by atoms with E-state index in [-0.39, 0.29) is 0 Å². The van der Waals surface area contributed by atoms with Crippen LogP contribution in [0.5, 0.6) is 0 Å². The molecule has 0 spiro atoms. The molecule has 1 aliphatic heterocycles. The average Bonchev–Trinajstić information content (AvgIpc) is 2.66. The van der Waals surface area contributed by atoms with Crippen LogP contribution >= 0.6 is 0 Å². The van der Waals surface area contributed by atoms with Crippen molar-refractivity contribution in [2.75, 3.05) is 13.2 Å². The minimum atomic E-state index is -1.97. The molecular weight excluding hydrogens is 454 g/mol. The largest absolute Gasteiger partial charge is 0.480 e. The fourth-order valence-electron chi connectivity index (χ4n) is 2.81. The summed E-state index contributed by atoms with van der Waals surface area (Å²) in [7, 11) is 0. The number of carboxylic acids is 2. The van der Waals surface area contributed by atoms with Gasteiger partial charge in [0.05, 0.1) is 6.54 Å². The molecule has 1 rings (SSSR count). The van der Waals surface area contributed by atoms with Crippen LogP contribution in [0.3, 0.4) is 0 Å². The molecule has 0 amide bonds. The van der Waals surface area contributed by atoms with Crippen molar-refractivity contribution in [2.45, 2.75) is 64.6 Å². The molecule has 186 valence electrons. The number of nitrogens with one attached hydrogen (secondary N) is 1. The summed E-state index contributed by atoms with van der Waals surface area (Å²) < 4.78 is 31.1. The third-order valence-corrected chi connectivity index (χ3v) is 3.88. The van der Waals surface area contributed by atoms with Gasteiger partial charge in [-0.1, -0.05) is 0 Å². The van der Waals surface area contributed by atoms with Crippen LogP contribution in [0.2, 0.25) is 0 Å². The summed E-state index contributed by atoms with van der Waals surface area (Å²) in [6.45, 7) is 2.76. The lowest BCUT2D eigenvalue weighted by atomic mass is 9.98. The summed E-state index contributed by atoms with van der Waals surface area (Å²) in [5, 5.41) is 20.2. The third kappa shape index (κ3) is 9.38. The number of esters is 4. The molecule has 0 aromatic heterocycles. The highest BCUT2D eigenvalue weighted by atomic mass is 16.7. The number of hydrogen-bond donors (Lipinski definition) is 3. The first-order chi connectivity index (χ1) is 15.3. The molecule has 1 aliphatic rings. The van der Waals surface area contributed by atoms with Gasteiger partial charge in [-0.25, -0.2) is 4.79 Å². The molecule has 1 fully saturated rings. The number of carbonyl (C=O) groups excluding carboxylic acids is 4. The molecule has 3 N–H and O–H groups in total. The molecule has 0 aromatic rings. The Labute approximate surface area is 187 Å². The highest BCUT2D eigenvalue weighted by Crippen LogP contribution is 2.30. The first kappa shape index (κ1) is 27.7. The molecule has 0 saturated carbocycles. The SMILES string of the molecule is CC(=O)OC[C@H]1O[C@H](OC(NCC(=O)O)C(=O)O)[C@H](OC(C)=O)[C@@H](OC(C)=O)[C@@H]1OC(C)=O. The number of aliphatic carboxylic acids is 2. The van der Waals surface area contributed by atoms with E-state index in [4.69, 9.17) is 33.5 Å². The smallest absolute Gasteiger partial charge is 0.348 e. The van der Waals surface area contributed by atoms with Crippen LogP contribution in [0.25, 0.3) is 0 Å². The lowest BCUT2D eigenvalue weighted by Gasteiger charge is -2.44. The Morgan fingerprint density at radius 1 is 0.818 bits per heavy atom. The second kappa shape index (κ2) is 12.7. The Kier molecular flexibility index (Phi) is 10.6. The number of carbonyl (C=O) groups is 6. The van der Waals surface area contributed by atoms with Gasteiger partial charge in [0.1, 0.15) is 12.7 Å². The van der Waals surface area contributed by atoms with Gasteiger partial charge in [-0.2, -0.15) is 0 Å². The normalized spacial score (nSPS) is 25.3. The Balaban J connectivity index is 3.38. The van der Waals surface area contributed by atoms with Crippen molar-refractivity contribution >= 4 is 35.8 Å². The molecule has 15 heteroatoms. The number of ether oxygens (including phenoxy) is 6. The minimum absolute atomic E-state index is 0.544. The van der Waals surface area contributed by atoms with Crippen molar-refractivity contribution in [3.8, 4) is 0 Å². The van der Waals surface area contributed by atoms with Gasteiger partial charge in [-0.05, 0) is 0 Å². The summed E-state index contributed by atoms with van der Waals surface area (Å²) in [5.74, 6) is -6.44. The molecule has 1 heterocycles. The standard InChI is InChI=1S/C18H25NO14/c1-7(20)28-6-11-13(29-8(2)21)14(30-9(3)22)15(31-10(4)23)18(32-11)33-16(17(26)27)19-5-12(24)25/h11,13-16,18-19H,5-6H2,1-4H3,(H,24,25)(H,26,27)/t11-,13-,14+,15-,16?,18-/m1/s1. The molecule has 0 bridgehead atoms. The Bertz CT molecular complexity index is 767. The van der Waals surface area contributed by atoms with Gasteiger partial charge < -0.3 is 38.6 Å². The minimum Gasteiger partial charge on any atom is -0.480 e. The maximum atomic E-state index is 11.7. The quantitative estimate of drug-likeness (QED) is 0.169. The number of carboxylic acid groups (broad SMARTS) is 2. The zero-order valence-electron chi connectivity index (χ0n) is 18.2. The fourth-order valence-corrected chi connectivity index (χ4v) is 2.81. The van der Waals surface area contributed by atoms with E-state index in [2.05, 4.69) is 5.32 Å². The van der Waals surface area contributed by atoms with Gasteiger partial charge in [0.25, 0.3) is 0 Å². The molecule has 33 heavy (non-hydrogen) atoms. The van der Waals surface area contributed by atoms with Crippen LogP contribution in [0.15, 0.2) is 0 Å². The molecule has 0 radical (unpaired) electrons. The van der Waals surface area contributed by atoms with Crippen LogP contribution in [0, 0.1) is 0 Å². The summed E-state index contributed by atoms with van der Waals surface area (Å²) >= 11 is 0. The lowest BCUT2D eigenvalue weighted by Crippen LogP contribution is -2.64. The molecular formula is C18H25NO14. The van der Waals surface area contributed by atoms with Crippen molar-refractivity contribution < 1.29 is 67.4 Å².